The summed E-state index contributed by atoms with van der Waals surface area (Å²) in [4.78, 5) is 26.1. The number of anilines is 1. The summed E-state index contributed by atoms with van der Waals surface area (Å²) < 4.78 is 14.0. The topological polar surface area (TPSA) is 37.4 Å². The van der Waals surface area contributed by atoms with E-state index in [9.17, 15) is 14.0 Å². The Balaban J connectivity index is 2.34. The quantitative estimate of drug-likeness (QED) is 0.796. The number of hydrogen-bond acceptors (Lipinski definition) is 2. The average molecular weight is 277 g/mol. The largest absolute Gasteiger partial charge is 0.309 e. The van der Waals surface area contributed by atoms with E-state index in [4.69, 9.17) is 0 Å². The van der Waals surface area contributed by atoms with Crippen LogP contribution in [-0.2, 0) is 9.59 Å². The molecule has 1 aliphatic heterocycles. The molecule has 0 aromatic heterocycles. The number of rotatable bonds is 3. The first-order chi connectivity index (χ1) is 9.43. The Hall–Kier alpha value is -1.71. The Labute approximate surface area is 118 Å². The van der Waals surface area contributed by atoms with Gasteiger partial charge in [0.2, 0.25) is 5.91 Å². The molecule has 4 heteroatoms. The third-order valence-electron chi connectivity index (χ3n) is 3.81. The maximum Gasteiger partial charge on any atom is 0.237 e. The van der Waals surface area contributed by atoms with Gasteiger partial charge in [0.15, 0.2) is 0 Å². The molecule has 0 aliphatic carbocycles. The van der Waals surface area contributed by atoms with Crippen LogP contribution in [0.5, 0.6) is 0 Å². The van der Waals surface area contributed by atoms with Crippen LogP contribution >= 0.6 is 0 Å². The van der Waals surface area contributed by atoms with Crippen LogP contribution in [0.3, 0.4) is 0 Å². The number of aryl methyl sites for hydroxylation is 1. The molecule has 1 unspecified atom stereocenters. The van der Waals surface area contributed by atoms with Crippen molar-refractivity contribution in [2.24, 2.45) is 11.8 Å². The zero-order valence-corrected chi connectivity index (χ0v) is 12.1. The van der Waals surface area contributed by atoms with Crippen molar-refractivity contribution in [1.29, 1.82) is 0 Å². The molecule has 1 heterocycles. The lowest BCUT2D eigenvalue weighted by molar-refractivity contribution is -0.135. The van der Waals surface area contributed by atoms with Crippen LogP contribution in [0.25, 0.3) is 0 Å². The van der Waals surface area contributed by atoms with Crippen molar-refractivity contribution in [3.05, 3.63) is 29.6 Å². The summed E-state index contributed by atoms with van der Waals surface area (Å²) in [6.07, 6.45) is 1.29. The zero-order valence-electron chi connectivity index (χ0n) is 12.1. The van der Waals surface area contributed by atoms with Gasteiger partial charge in [0.1, 0.15) is 11.6 Å². The van der Waals surface area contributed by atoms with E-state index in [2.05, 4.69) is 0 Å². The first kappa shape index (κ1) is 14.7. The van der Waals surface area contributed by atoms with Gasteiger partial charge in [-0.15, -0.1) is 0 Å². The molecule has 3 nitrogen and oxygen atoms in total. The van der Waals surface area contributed by atoms with Crippen LogP contribution in [0.4, 0.5) is 10.1 Å². The van der Waals surface area contributed by atoms with Crippen molar-refractivity contribution in [3.63, 3.8) is 0 Å². The number of amides is 1. The maximum atomic E-state index is 14.0. The summed E-state index contributed by atoms with van der Waals surface area (Å²) in [5.41, 5.74) is 1.04. The van der Waals surface area contributed by atoms with Crippen LogP contribution in [0.2, 0.25) is 0 Å². The molecular formula is C16H20FNO2. The molecule has 1 saturated heterocycles. The molecule has 0 radical (unpaired) electrons. The maximum absolute atomic E-state index is 14.0. The third-order valence-corrected chi connectivity index (χ3v) is 3.81. The summed E-state index contributed by atoms with van der Waals surface area (Å²) in [5, 5.41) is 0. The average Bonchev–Trinajstić information content (AvgIpc) is 2.39. The number of nitrogens with zero attached hydrogens (tertiary/aromatic N) is 1. The van der Waals surface area contributed by atoms with Gasteiger partial charge in [0.25, 0.3) is 0 Å². The van der Waals surface area contributed by atoms with E-state index in [1.807, 2.05) is 0 Å². The van der Waals surface area contributed by atoms with Crippen LogP contribution < -0.4 is 4.90 Å². The number of benzene rings is 1. The lowest BCUT2D eigenvalue weighted by Crippen LogP contribution is -2.46. The van der Waals surface area contributed by atoms with Crippen LogP contribution in [0, 0.1) is 24.6 Å². The summed E-state index contributed by atoms with van der Waals surface area (Å²) >= 11 is 0. The number of Topliss-reactive ketones (excluding diaryl/α,β-unsaturated/α-hetero) is 1. The lowest BCUT2D eigenvalue weighted by Gasteiger charge is -2.33. The van der Waals surface area contributed by atoms with Gasteiger partial charge in [0, 0.05) is 12.5 Å². The Morgan fingerprint density at radius 2 is 2.10 bits per heavy atom. The Kier molecular flexibility index (Phi) is 4.21. The normalized spacial score (nSPS) is 19.6. The Bertz CT molecular complexity index is 519. The molecule has 1 amide bonds. The molecule has 0 spiro atoms. The van der Waals surface area contributed by atoms with E-state index in [0.717, 1.165) is 12.0 Å². The third kappa shape index (κ3) is 2.60. The molecule has 20 heavy (non-hydrogen) atoms. The van der Waals surface area contributed by atoms with Gasteiger partial charge < -0.3 is 4.90 Å². The number of carbonyl (C=O) groups is 2. The number of halogens is 1. The number of para-hydroxylation sites is 1. The summed E-state index contributed by atoms with van der Waals surface area (Å²) in [7, 11) is 0. The van der Waals surface area contributed by atoms with Crippen molar-refractivity contribution in [1.82, 2.24) is 0 Å². The smallest absolute Gasteiger partial charge is 0.237 e. The standard InChI is InChI=1S/C16H20FNO2/c1-10(2)15(19)12-7-5-9-18(16(12)20)14-11(3)6-4-8-13(14)17/h4,6,8,10,12H,5,7,9H2,1-3H3. The highest BCUT2D eigenvalue weighted by molar-refractivity contribution is 6.09. The molecule has 0 bridgehead atoms. The van der Waals surface area contributed by atoms with E-state index in [1.54, 1.807) is 32.9 Å². The molecular weight excluding hydrogens is 257 g/mol. The van der Waals surface area contributed by atoms with Crippen LogP contribution in [0.15, 0.2) is 18.2 Å². The molecule has 1 aliphatic rings. The van der Waals surface area contributed by atoms with Crippen LogP contribution in [0.1, 0.15) is 32.3 Å². The first-order valence-corrected chi connectivity index (χ1v) is 7.03. The molecule has 108 valence electrons. The summed E-state index contributed by atoms with van der Waals surface area (Å²) in [6, 6.07) is 4.75. The van der Waals surface area contributed by atoms with Gasteiger partial charge >= 0.3 is 0 Å². The van der Waals surface area contributed by atoms with Crippen molar-refractivity contribution in [2.75, 3.05) is 11.4 Å². The predicted octanol–water partition coefficient (Wildman–Crippen LogP) is 3.10. The summed E-state index contributed by atoms with van der Waals surface area (Å²) in [5.74, 6) is -1.51. The minimum absolute atomic E-state index is 0.0475. The SMILES string of the molecule is Cc1cccc(F)c1N1CCCC(C(=O)C(C)C)C1=O. The van der Waals surface area contributed by atoms with Gasteiger partial charge in [-0.1, -0.05) is 26.0 Å². The molecule has 1 fully saturated rings. The monoisotopic (exact) mass is 277 g/mol. The van der Waals surface area contributed by atoms with Gasteiger partial charge in [-0.2, -0.15) is 0 Å². The van der Waals surface area contributed by atoms with Gasteiger partial charge in [-0.3, -0.25) is 9.59 Å². The number of carbonyl (C=O) groups excluding carboxylic acids is 2. The fraction of sp³-hybridized carbons (Fsp3) is 0.500. The van der Waals surface area contributed by atoms with E-state index in [0.29, 0.717) is 18.7 Å². The Morgan fingerprint density at radius 3 is 2.70 bits per heavy atom. The highest BCUT2D eigenvalue weighted by Gasteiger charge is 2.36. The Morgan fingerprint density at radius 1 is 1.40 bits per heavy atom. The van der Waals surface area contributed by atoms with E-state index in [-0.39, 0.29) is 17.6 Å². The molecule has 2 rings (SSSR count). The first-order valence-electron chi connectivity index (χ1n) is 7.03. The van der Waals surface area contributed by atoms with Crippen molar-refractivity contribution in [3.8, 4) is 0 Å². The fourth-order valence-electron chi connectivity index (χ4n) is 2.73. The minimum atomic E-state index is -0.622. The minimum Gasteiger partial charge on any atom is -0.309 e. The van der Waals surface area contributed by atoms with Gasteiger partial charge in [0.05, 0.1) is 11.6 Å². The second kappa shape index (κ2) is 5.73. The lowest BCUT2D eigenvalue weighted by atomic mass is 9.87. The second-order valence-corrected chi connectivity index (χ2v) is 5.65. The molecule has 0 saturated carbocycles. The van der Waals surface area contributed by atoms with Crippen molar-refractivity contribution < 1.29 is 14.0 Å². The van der Waals surface area contributed by atoms with E-state index < -0.39 is 11.7 Å². The molecule has 1 aromatic rings. The van der Waals surface area contributed by atoms with Gasteiger partial charge in [-0.05, 0) is 31.4 Å². The number of hydrogen-bond donors (Lipinski definition) is 0. The number of ketones is 1. The summed E-state index contributed by atoms with van der Waals surface area (Å²) in [6.45, 7) is 5.84. The highest BCUT2D eigenvalue weighted by atomic mass is 19.1. The fourth-order valence-corrected chi connectivity index (χ4v) is 2.73. The zero-order chi connectivity index (χ0) is 14.9. The van der Waals surface area contributed by atoms with Crippen molar-refractivity contribution >= 4 is 17.4 Å². The van der Waals surface area contributed by atoms with Gasteiger partial charge in [-0.25, -0.2) is 4.39 Å². The van der Waals surface area contributed by atoms with E-state index >= 15 is 0 Å². The van der Waals surface area contributed by atoms with E-state index in [1.165, 1.54) is 11.0 Å². The van der Waals surface area contributed by atoms with Crippen LogP contribution in [-0.4, -0.2) is 18.2 Å². The highest BCUT2D eigenvalue weighted by Crippen LogP contribution is 2.30. The molecule has 1 aromatic carbocycles. The molecule has 1 atom stereocenters. The second-order valence-electron chi connectivity index (χ2n) is 5.65. The molecule has 0 N–H and O–H groups in total. The predicted molar refractivity (Wildman–Crippen MR) is 76.1 cm³/mol. The van der Waals surface area contributed by atoms with Crippen molar-refractivity contribution in [2.45, 2.75) is 33.6 Å². The number of piperidine rings is 1.